The van der Waals surface area contributed by atoms with Crippen molar-refractivity contribution in [3.8, 4) is 11.5 Å². The van der Waals surface area contributed by atoms with Crippen LogP contribution in [-0.2, 0) is 0 Å². The average Bonchev–Trinajstić information content (AvgIpc) is 2.90. The zero-order chi connectivity index (χ0) is 14.1. The molecule has 0 bridgehead atoms. The Kier molecular flexibility index (Phi) is 3.20. The zero-order valence-electron chi connectivity index (χ0n) is 10.2. The fraction of sp³-hybridized carbons (Fsp3) is 0.0714. The fourth-order valence-electron chi connectivity index (χ4n) is 1.86. The molecule has 0 saturated carbocycles. The molecule has 0 spiro atoms. The van der Waals surface area contributed by atoms with Crippen molar-refractivity contribution in [3.63, 3.8) is 0 Å². The molecule has 1 aliphatic heterocycles. The monoisotopic (exact) mass is 293 g/mol. The maximum Gasteiger partial charge on any atom is 0.255 e. The number of anilines is 1. The fourth-order valence-corrected chi connectivity index (χ4v) is 2.12. The van der Waals surface area contributed by atoms with Crippen LogP contribution in [0.4, 0.5) is 10.1 Å². The highest BCUT2D eigenvalue weighted by Crippen LogP contribution is 2.39. The lowest BCUT2D eigenvalue weighted by molar-refractivity contribution is 0.102. The quantitative estimate of drug-likeness (QED) is 0.922. The van der Waals surface area contributed by atoms with Crippen molar-refractivity contribution in [2.75, 3.05) is 12.1 Å². The molecule has 4 nitrogen and oxygen atoms in total. The Morgan fingerprint density at radius 3 is 2.85 bits per heavy atom. The Labute approximate surface area is 119 Å². The molecule has 2 aromatic rings. The summed E-state index contributed by atoms with van der Waals surface area (Å²) in [5, 5.41) is 2.75. The predicted molar refractivity (Wildman–Crippen MR) is 71.9 cm³/mol. The largest absolute Gasteiger partial charge is 0.454 e. The van der Waals surface area contributed by atoms with E-state index in [0.29, 0.717) is 11.5 Å². The van der Waals surface area contributed by atoms with E-state index in [9.17, 15) is 9.18 Å². The van der Waals surface area contributed by atoms with Crippen LogP contribution in [0.1, 0.15) is 10.4 Å². The van der Waals surface area contributed by atoms with Crippen LogP contribution in [-0.4, -0.2) is 12.7 Å². The molecule has 0 atom stereocenters. The first-order valence-electron chi connectivity index (χ1n) is 5.80. The highest BCUT2D eigenvalue weighted by molar-refractivity contribution is 6.32. The molecule has 102 valence electrons. The van der Waals surface area contributed by atoms with E-state index >= 15 is 0 Å². The third-order valence-electron chi connectivity index (χ3n) is 2.81. The smallest absolute Gasteiger partial charge is 0.255 e. The third kappa shape index (κ3) is 2.28. The Morgan fingerprint density at radius 1 is 1.25 bits per heavy atom. The van der Waals surface area contributed by atoms with Gasteiger partial charge in [-0.1, -0.05) is 23.7 Å². The number of carbonyl (C=O) groups excluding carboxylic acids is 1. The van der Waals surface area contributed by atoms with Crippen LogP contribution in [0.15, 0.2) is 36.4 Å². The molecule has 1 amide bonds. The van der Waals surface area contributed by atoms with Crippen LogP contribution < -0.4 is 14.8 Å². The lowest BCUT2D eigenvalue weighted by atomic mass is 10.2. The number of nitrogens with one attached hydrogen (secondary N) is 1. The van der Waals surface area contributed by atoms with Crippen molar-refractivity contribution < 1.29 is 18.7 Å². The maximum absolute atomic E-state index is 13.5. The van der Waals surface area contributed by atoms with Gasteiger partial charge >= 0.3 is 0 Å². The summed E-state index contributed by atoms with van der Waals surface area (Å²) in [6.45, 7) is 0.0629. The van der Waals surface area contributed by atoms with Crippen molar-refractivity contribution >= 4 is 23.2 Å². The summed E-state index contributed by atoms with van der Waals surface area (Å²) in [6.07, 6.45) is 0. The van der Waals surface area contributed by atoms with Crippen LogP contribution in [0, 0.1) is 5.82 Å². The Balaban J connectivity index is 1.88. The molecule has 1 aliphatic rings. The second-order valence-corrected chi connectivity index (χ2v) is 4.53. The number of amides is 1. The first kappa shape index (κ1) is 12.7. The van der Waals surface area contributed by atoms with E-state index in [-0.39, 0.29) is 23.1 Å². The SMILES string of the molecule is O=C(Nc1ccccc1F)c1cc(Cl)c2c(c1)OCO2. The van der Waals surface area contributed by atoms with Crippen molar-refractivity contribution in [1.82, 2.24) is 0 Å². The number of ether oxygens (including phenoxy) is 2. The molecular weight excluding hydrogens is 285 g/mol. The van der Waals surface area contributed by atoms with E-state index in [1.165, 1.54) is 24.3 Å². The topological polar surface area (TPSA) is 47.6 Å². The third-order valence-corrected chi connectivity index (χ3v) is 3.09. The summed E-state index contributed by atoms with van der Waals surface area (Å²) >= 11 is 5.99. The summed E-state index contributed by atoms with van der Waals surface area (Å²) in [4.78, 5) is 12.1. The lowest BCUT2D eigenvalue weighted by Gasteiger charge is -2.07. The van der Waals surface area contributed by atoms with Crippen LogP contribution in [0.3, 0.4) is 0 Å². The number of hydrogen-bond acceptors (Lipinski definition) is 3. The Hall–Kier alpha value is -2.27. The lowest BCUT2D eigenvalue weighted by Crippen LogP contribution is -2.12. The first-order chi connectivity index (χ1) is 9.65. The van der Waals surface area contributed by atoms with E-state index in [2.05, 4.69) is 5.32 Å². The highest BCUT2D eigenvalue weighted by Gasteiger charge is 2.21. The van der Waals surface area contributed by atoms with Gasteiger partial charge < -0.3 is 14.8 Å². The normalized spacial score (nSPS) is 12.3. The van der Waals surface area contributed by atoms with Gasteiger partial charge in [0.05, 0.1) is 10.7 Å². The van der Waals surface area contributed by atoms with Gasteiger partial charge in [-0.25, -0.2) is 4.39 Å². The van der Waals surface area contributed by atoms with Crippen LogP contribution in [0.25, 0.3) is 0 Å². The molecule has 0 aromatic heterocycles. The Bertz CT molecular complexity index is 690. The summed E-state index contributed by atoms with van der Waals surface area (Å²) < 4.78 is 23.8. The van der Waals surface area contributed by atoms with Gasteiger partial charge in [-0.05, 0) is 24.3 Å². The predicted octanol–water partition coefficient (Wildman–Crippen LogP) is 3.46. The van der Waals surface area contributed by atoms with Crippen LogP contribution in [0.5, 0.6) is 11.5 Å². The standard InChI is InChI=1S/C14H9ClFNO3/c15-9-5-8(6-12-13(9)20-7-19-12)14(18)17-11-4-2-1-3-10(11)16/h1-6H,7H2,(H,17,18). The second kappa shape index (κ2) is 5.02. The number of carbonyl (C=O) groups is 1. The van der Waals surface area contributed by atoms with Crippen LogP contribution in [0.2, 0.25) is 5.02 Å². The molecule has 0 saturated heterocycles. The van der Waals surface area contributed by atoms with E-state index in [0.717, 1.165) is 0 Å². The molecule has 2 aromatic carbocycles. The minimum atomic E-state index is -0.507. The van der Waals surface area contributed by atoms with E-state index in [1.54, 1.807) is 12.1 Å². The first-order valence-corrected chi connectivity index (χ1v) is 6.18. The summed E-state index contributed by atoms with van der Waals surface area (Å²) in [7, 11) is 0. The Morgan fingerprint density at radius 2 is 2.05 bits per heavy atom. The van der Waals surface area contributed by atoms with Gasteiger partial charge in [0.2, 0.25) is 6.79 Å². The summed E-state index contributed by atoms with van der Waals surface area (Å²) in [5.74, 6) is -0.173. The molecule has 0 aliphatic carbocycles. The minimum Gasteiger partial charge on any atom is -0.454 e. The molecule has 3 rings (SSSR count). The number of rotatable bonds is 2. The molecule has 6 heteroatoms. The van der Waals surface area contributed by atoms with Gasteiger partial charge in [-0.2, -0.15) is 0 Å². The van der Waals surface area contributed by atoms with Gasteiger partial charge in [0, 0.05) is 5.56 Å². The number of para-hydroxylation sites is 1. The zero-order valence-corrected chi connectivity index (χ0v) is 10.9. The van der Waals surface area contributed by atoms with Gasteiger partial charge in [-0.3, -0.25) is 4.79 Å². The van der Waals surface area contributed by atoms with Gasteiger partial charge in [0.1, 0.15) is 5.82 Å². The van der Waals surface area contributed by atoms with E-state index in [4.69, 9.17) is 21.1 Å². The summed E-state index contributed by atoms with van der Waals surface area (Å²) in [6, 6.07) is 8.87. The summed E-state index contributed by atoms with van der Waals surface area (Å²) in [5.41, 5.74) is 0.369. The van der Waals surface area contributed by atoms with Crippen molar-refractivity contribution in [1.29, 1.82) is 0 Å². The molecule has 0 unspecified atom stereocenters. The number of benzene rings is 2. The number of halogens is 2. The van der Waals surface area contributed by atoms with Gasteiger partial charge in [0.15, 0.2) is 11.5 Å². The van der Waals surface area contributed by atoms with Gasteiger partial charge in [0.25, 0.3) is 5.91 Å². The molecular formula is C14H9ClFNO3. The highest BCUT2D eigenvalue weighted by atomic mass is 35.5. The van der Waals surface area contributed by atoms with Crippen molar-refractivity contribution in [2.45, 2.75) is 0 Å². The number of fused-ring (bicyclic) bond motifs is 1. The molecule has 1 N–H and O–H groups in total. The number of hydrogen-bond donors (Lipinski definition) is 1. The van der Waals surface area contributed by atoms with Crippen LogP contribution >= 0.6 is 11.6 Å². The maximum atomic E-state index is 13.5. The molecule has 1 heterocycles. The van der Waals surface area contributed by atoms with Crippen molar-refractivity contribution in [2.24, 2.45) is 0 Å². The molecule has 0 radical (unpaired) electrons. The van der Waals surface area contributed by atoms with Gasteiger partial charge in [-0.15, -0.1) is 0 Å². The van der Waals surface area contributed by atoms with E-state index < -0.39 is 11.7 Å². The van der Waals surface area contributed by atoms with E-state index in [1.807, 2.05) is 0 Å². The average molecular weight is 294 g/mol. The second-order valence-electron chi connectivity index (χ2n) is 4.13. The molecule has 0 fully saturated rings. The minimum absolute atomic E-state index is 0.0629. The van der Waals surface area contributed by atoms with Crippen molar-refractivity contribution in [3.05, 3.63) is 52.8 Å². The molecule has 20 heavy (non-hydrogen) atoms.